The summed E-state index contributed by atoms with van der Waals surface area (Å²) in [6, 6.07) is 0. The Bertz CT molecular complexity index is 484. The number of hydrogen-bond donors (Lipinski definition) is 1. The van der Waals surface area contributed by atoms with Crippen LogP contribution in [0.4, 0.5) is 5.95 Å². The number of anilines is 1. The highest BCUT2D eigenvalue weighted by Crippen LogP contribution is 2.17. The van der Waals surface area contributed by atoms with E-state index in [0.29, 0.717) is 11.9 Å². The van der Waals surface area contributed by atoms with Crippen LogP contribution in [0.2, 0.25) is 0 Å². The minimum absolute atomic E-state index is 0.577. The molecule has 0 spiro atoms. The normalized spacial score (nSPS) is 10.6. The van der Waals surface area contributed by atoms with Crippen LogP contribution in [-0.4, -0.2) is 37.3 Å². The zero-order valence-corrected chi connectivity index (χ0v) is 11.3. The molecule has 0 aromatic carbocycles. The topological polar surface area (TPSA) is 68.5 Å². The number of rotatable bonds is 6. The Morgan fingerprint density at radius 3 is 2.89 bits per heavy atom. The van der Waals surface area contributed by atoms with Crippen molar-refractivity contribution in [3.05, 3.63) is 18.7 Å². The summed E-state index contributed by atoms with van der Waals surface area (Å²) in [4.78, 5) is 17.0. The highest BCUT2D eigenvalue weighted by Gasteiger charge is 2.07. The number of unbranched alkanes of at least 4 members (excludes halogenated alkanes) is 1. The fourth-order valence-electron chi connectivity index (χ4n) is 1.32. The molecule has 0 aliphatic heterocycles. The first-order valence-electron chi connectivity index (χ1n) is 5.88. The summed E-state index contributed by atoms with van der Waals surface area (Å²) in [5.41, 5.74) is 0. The predicted molar refractivity (Wildman–Crippen MR) is 72.1 cm³/mol. The lowest BCUT2D eigenvalue weighted by atomic mass is 10.4. The van der Waals surface area contributed by atoms with Crippen molar-refractivity contribution in [3.63, 3.8) is 0 Å². The summed E-state index contributed by atoms with van der Waals surface area (Å²) in [6.07, 6.45) is 7.52. The van der Waals surface area contributed by atoms with Crippen LogP contribution in [0, 0.1) is 0 Å². The van der Waals surface area contributed by atoms with Gasteiger partial charge in [-0.25, -0.2) is 4.98 Å². The highest BCUT2D eigenvalue weighted by molar-refractivity contribution is 7.99. The molecule has 0 saturated heterocycles. The zero-order chi connectivity index (χ0) is 12.8. The number of hydrogen-bond acceptors (Lipinski definition) is 6. The molecule has 0 aliphatic carbocycles. The molecule has 6 nitrogen and oxygen atoms in total. The van der Waals surface area contributed by atoms with E-state index in [1.165, 1.54) is 6.42 Å². The van der Waals surface area contributed by atoms with Gasteiger partial charge in [-0.2, -0.15) is 15.0 Å². The van der Waals surface area contributed by atoms with Crippen molar-refractivity contribution in [1.29, 1.82) is 0 Å². The third-order valence-corrected chi connectivity index (χ3v) is 3.22. The molecule has 0 radical (unpaired) electrons. The van der Waals surface area contributed by atoms with Gasteiger partial charge in [0.25, 0.3) is 0 Å². The third kappa shape index (κ3) is 3.19. The second-order valence-electron chi connectivity index (χ2n) is 3.66. The second-order valence-corrected chi connectivity index (χ2v) is 4.73. The van der Waals surface area contributed by atoms with Crippen molar-refractivity contribution in [3.8, 4) is 5.95 Å². The molecule has 7 heteroatoms. The summed E-state index contributed by atoms with van der Waals surface area (Å²) < 4.78 is 1.77. The maximum absolute atomic E-state index is 4.42. The van der Waals surface area contributed by atoms with E-state index >= 15 is 0 Å². The van der Waals surface area contributed by atoms with Gasteiger partial charge in [0.05, 0.1) is 0 Å². The molecule has 0 fully saturated rings. The van der Waals surface area contributed by atoms with Gasteiger partial charge in [0.2, 0.25) is 11.9 Å². The van der Waals surface area contributed by atoms with E-state index < -0.39 is 0 Å². The van der Waals surface area contributed by atoms with Crippen LogP contribution in [-0.2, 0) is 0 Å². The van der Waals surface area contributed by atoms with Gasteiger partial charge in [0, 0.05) is 25.2 Å². The van der Waals surface area contributed by atoms with E-state index in [0.717, 1.165) is 17.3 Å². The fourth-order valence-corrected chi connectivity index (χ4v) is 2.24. The van der Waals surface area contributed by atoms with Crippen LogP contribution in [0.3, 0.4) is 0 Å². The largest absolute Gasteiger partial charge is 0.357 e. The molecule has 0 unspecified atom stereocenters. The Kier molecular flexibility index (Phi) is 4.52. The van der Waals surface area contributed by atoms with Crippen LogP contribution in [0.5, 0.6) is 0 Å². The van der Waals surface area contributed by atoms with E-state index in [1.54, 1.807) is 35.9 Å². The summed E-state index contributed by atoms with van der Waals surface area (Å²) in [7, 11) is 1.80. The SMILES string of the molecule is CCCCSc1nc(NC)nc(-n2ccnc2)n1. The molecule has 96 valence electrons. The first-order valence-corrected chi connectivity index (χ1v) is 6.87. The minimum Gasteiger partial charge on any atom is -0.357 e. The Labute approximate surface area is 110 Å². The smallest absolute Gasteiger partial charge is 0.240 e. The first-order chi connectivity index (χ1) is 8.83. The van der Waals surface area contributed by atoms with Gasteiger partial charge in [-0.1, -0.05) is 25.1 Å². The van der Waals surface area contributed by atoms with E-state index in [-0.39, 0.29) is 0 Å². The van der Waals surface area contributed by atoms with Crippen LogP contribution >= 0.6 is 11.8 Å². The Balaban J connectivity index is 2.22. The van der Waals surface area contributed by atoms with Crippen molar-refractivity contribution in [1.82, 2.24) is 24.5 Å². The molecule has 0 bridgehead atoms. The lowest BCUT2D eigenvalue weighted by Crippen LogP contribution is -2.06. The maximum atomic E-state index is 4.42. The second kappa shape index (κ2) is 6.34. The fraction of sp³-hybridized carbons (Fsp3) is 0.455. The molecule has 0 amide bonds. The molecule has 18 heavy (non-hydrogen) atoms. The lowest BCUT2D eigenvalue weighted by Gasteiger charge is -2.06. The van der Waals surface area contributed by atoms with Gasteiger partial charge in [0.1, 0.15) is 6.33 Å². The third-order valence-electron chi connectivity index (χ3n) is 2.29. The summed E-state index contributed by atoms with van der Waals surface area (Å²) in [5.74, 6) is 2.19. The van der Waals surface area contributed by atoms with Gasteiger partial charge in [-0.05, 0) is 6.42 Å². The summed E-state index contributed by atoms with van der Waals surface area (Å²) >= 11 is 1.65. The zero-order valence-electron chi connectivity index (χ0n) is 10.5. The van der Waals surface area contributed by atoms with Crippen LogP contribution < -0.4 is 5.32 Å². The van der Waals surface area contributed by atoms with Gasteiger partial charge in [0.15, 0.2) is 5.16 Å². The van der Waals surface area contributed by atoms with E-state index in [2.05, 4.69) is 32.2 Å². The number of nitrogens with one attached hydrogen (secondary N) is 1. The van der Waals surface area contributed by atoms with Crippen molar-refractivity contribution >= 4 is 17.7 Å². The number of nitrogens with zero attached hydrogens (tertiary/aromatic N) is 5. The maximum Gasteiger partial charge on any atom is 0.240 e. The Hall–Kier alpha value is -1.63. The van der Waals surface area contributed by atoms with E-state index in [4.69, 9.17) is 0 Å². The monoisotopic (exact) mass is 264 g/mol. The van der Waals surface area contributed by atoms with E-state index in [9.17, 15) is 0 Å². The molecular weight excluding hydrogens is 248 g/mol. The molecule has 2 aromatic rings. The molecule has 0 aliphatic rings. The average Bonchev–Trinajstić information content (AvgIpc) is 2.92. The molecule has 2 aromatic heterocycles. The highest BCUT2D eigenvalue weighted by atomic mass is 32.2. The van der Waals surface area contributed by atoms with Gasteiger partial charge < -0.3 is 5.32 Å². The first kappa shape index (κ1) is 12.8. The quantitative estimate of drug-likeness (QED) is 0.635. The number of imidazole rings is 1. The Morgan fingerprint density at radius 1 is 1.33 bits per heavy atom. The van der Waals surface area contributed by atoms with Gasteiger partial charge in [-0.3, -0.25) is 4.57 Å². The van der Waals surface area contributed by atoms with E-state index in [1.807, 2.05) is 6.20 Å². The lowest BCUT2D eigenvalue weighted by molar-refractivity contribution is 0.824. The van der Waals surface area contributed by atoms with Crippen molar-refractivity contribution in [2.24, 2.45) is 0 Å². The van der Waals surface area contributed by atoms with Crippen LogP contribution in [0.1, 0.15) is 19.8 Å². The van der Waals surface area contributed by atoms with Crippen molar-refractivity contribution in [2.75, 3.05) is 18.1 Å². The van der Waals surface area contributed by atoms with Crippen molar-refractivity contribution < 1.29 is 0 Å². The molecule has 1 N–H and O–H groups in total. The minimum atomic E-state index is 0.577. The van der Waals surface area contributed by atoms with Crippen LogP contribution in [0.25, 0.3) is 5.95 Å². The number of thioether (sulfide) groups is 1. The standard InChI is InChI=1S/C11H16N6S/c1-3-4-7-18-11-15-9(12-2)14-10(16-11)17-6-5-13-8-17/h5-6,8H,3-4,7H2,1-2H3,(H,12,14,15,16). The summed E-state index contributed by atoms with van der Waals surface area (Å²) in [5, 5.41) is 3.69. The van der Waals surface area contributed by atoms with Gasteiger partial charge in [-0.15, -0.1) is 0 Å². The molecule has 2 rings (SSSR count). The van der Waals surface area contributed by atoms with Gasteiger partial charge >= 0.3 is 0 Å². The molecular formula is C11H16N6S. The Morgan fingerprint density at radius 2 is 2.22 bits per heavy atom. The molecule has 0 atom stereocenters. The summed E-state index contributed by atoms with van der Waals surface area (Å²) in [6.45, 7) is 2.17. The molecule has 0 saturated carbocycles. The van der Waals surface area contributed by atoms with Crippen molar-refractivity contribution in [2.45, 2.75) is 24.9 Å². The van der Waals surface area contributed by atoms with Crippen LogP contribution in [0.15, 0.2) is 23.9 Å². The average molecular weight is 264 g/mol. The number of aromatic nitrogens is 5. The molecule has 2 heterocycles. The predicted octanol–water partition coefficient (Wildman–Crippen LogP) is 1.99.